The molecule has 0 spiro atoms. The fraction of sp³-hybridized carbons (Fsp3) is 1.00. The minimum atomic E-state index is -0.283. The van der Waals surface area contributed by atoms with Gasteiger partial charge in [-0.25, -0.2) is 0 Å². The van der Waals surface area contributed by atoms with E-state index in [2.05, 4.69) is 36.8 Å². The van der Waals surface area contributed by atoms with Crippen molar-refractivity contribution < 1.29 is 0 Å². The smallest absolute Gasteiger partial charge is 0.0963 e. The maximum atomic E-state index is 4.43. The van der Waals surface area contributed by atoms with Crippen LogP contribution < -0.4 is 0 Å². The van der Waals surface area contributed by atoms with Crippen LogP contribution >= 0.6 is 12.8 Å². The van der Waals surface area contributed by atoms with Gasteiger partial charge in [-0.2, -0.15) is 0 Å². The van der Waals surface area contributed by atoms with Crippen molar-refractivity contribution in [3.63, 3.8) is 0 Å². The topological polar surface area (TPSA) is 3.24 Å². The van der Waals surface area contributed by atoms with Crippen LogP contribution in [-0.2, 0) is 0 Å². The maximum Gasteiger partial charge on any atom is 0.0963 e. The Morgan fingerprint density at radius 3 is 2.50 bits per heavy atom. The van der Waals surface area contributed by atoms with Gasteiger partial charge in [0, 0.05) is 14.9 Å². The minimum absolute atomic E-state index is 0.0866. The van der Waals surface area contributed by atoms with Crippen LogP contribution in [0.1, 0.15) is 19.8 Å². The summed E-state index contributed by atoms with van der Waals surface area (Å²) in [6.45, 7) is 8.29. The summed E-state index contributed by atoms with van der Waals surface area (Å²) in [5.41, 5.74) is 0. The lowest BCUT2D eigenvalue weighted by molar-refractivity contribution is 0.650. The molecule has 0 aliphatic rings. The molecule has 0 saturated carbocycles. The van der Waals surface area contributed by atoms with Gasteiger partial charge in [-0.05, 0) is 6.42 Å². The standard InChI is InChI=1S/C6H19NSSi2/c1-4-5-6-7(8)9-10(2)3/h8,10H,4-6,9H2,1-3H3. The number of hydrogen-bond acceptors (Lipinski definition) is 2. The predicted octanol–water partition coefficient (Wildman–Crippen LogP) is 1.00. The van der Waals surface area contributed by atoms with Gasteiger partial charge in [0.2, 0.25) is 0 Å². The Bertz CT molecular complexity index is 80.1. The van der Waals surface area contributed by atoms with Gasteiger partial charge in [0.25, 0.3) is 0 Å². The zero-order valence-electron chi connectivity index (χ0n) is 7.30. The van der Waals surface area contributed by atoms with Crippen LogP contribution in [0.15, 0.2) is 0 Å². The molecule has 0 radical (unpaired) electrons. The molecule has 10 heavy (non-hydrogen) atoms. The molecule has 0 aromatic carbocycles. The number of nitrogens with zero attached hydrogens (tertiary/aromatic N) is 1. The first-order chi connectivity index (χ1) is 4.66. The van der Waals surface area contributed by atoms with Gasteiger partial charge in [-0.1, -0.05) is 26.4 Å². The van der Waals surface area contributed by atoms with E-state index in [0.717, 1.165) is 0 Å². The van der Waals surface area contributed by atoms with Crippen molar-refractivity contribution in [1.82, 2.24) is 3.97 Å². The number of rotatable bonds is 5. The zero-order chi connectivity index (χ0) is 7.98. The average Bonchev–Trinajstić information content (AvgIpc) is 1.82. The van der Waals surface area contributed by atoms with Crippen molar-refractivity contribution in [1.29, 1.82) is 0 Å². The Morgan fingerprint density at radius 1 is 1.50 bits per heavy atom. The third-order valence-corrected chi connectivity index (χ3v) is 7.94. The van der Waals surface area contributed by atoms with Gasteiger partial charge < -0.3 is 0 Å². The third kappa shape index (κ3) is 6.86. The van der Waals surface area contributed by atoms with E-state index in [1.165, 1.54) is 19.4 Å². The average molecular weight is 193 g/mol. The van der Waals surface area contributed by atoms with E-state index in [-0.39, 0.29) is 17.5 Å². The largest absolute Gasteiger partial charge is 0.284 e. The summed E-state index contributed by atoms with van der Waals surface area (Å²) in [4.78, 5) is 0. The van der Waals surface area contributed by atoms with E-state index in [0.29, 0.717) is 0 Å². The van der Waals surface area contributed by atoms with Crippen molar-refractivity contribution in [2.75, 3.05) is 6.54 Å². The normalized spacial score (nSPS) is 12.6. The summed E-state index contributed by atoms with van der Waals surface area (Å²) in [6.07, 6.45) is 2.61. The lowest BCUT2D eigenvalue weighted by Crippen LogP contribution is -2.29. The van der Waals surface area contributed by atoms with Crippen molar-refractivity contribution in [2.45, 2.75) is 32.9 Å². The van der Waals surface area contributed by atoms with Crippen molar-refractivity contribution in [2.24, 2.45) is 0 Å². The molecule has 0 aromatic rings. The SMILES string of the molecule is CCCCN(S)[SiH2][SiH](C)C. The Labute approximate surface area is 74.0 Å². The Kier molecular flexibility index (Phi) is 6.93. The van der Waals surface area contributed by atoms with Crippen LogP contribution in [0.5, 0.6) is 0 Å². The molecule has 0 fully saturated rings. The van der Waals surface area contributed by atoms with E-state index < -0.39 is 0 Å². The highest BCUT2D eigenvalue weighted by molar-refractivity contribution is 7.79. The highest BCUT2D eigenvalue weighted by Gasteiger charge is 2.02. The van der Waals surface area contributed by atoms with Crippen molar-refractivity contribution >= 4 is 30.3 Å². The fourth-order valence-corrected chi connectivity index (χ4v) is 8.26. The molecule has 0 rings (SSSR count). The second kappa shape index (κ2) is 6.45. The molecule has 0 aliphatic heterocycles. The molecule has 62 valence electrons. The van der Waals surface area contributed by atoms with E-state index in [1.807, 2.05) is 0 Å². The second-order valence-corrected chi connectivity index (χ2v) is 14.2. The number of thiol groups is 1. The van der Waals surface area contributed by atoms with Gasteiger partial charge in [0.15, 0.2) is 0 Å². The van der Waals surface area contributed by atoms with E-state index >= 15 is 0 Å². The lowest BCUT2D eigenvalue weighted by Gasteiger charge is -2.15. The number of hydrogen-bond donors (Lipinski definition) is 1. The molecule has 0 amide bonds. The summed E-state index contributed by atoms with van der Waals surface area (Å²) in [7, 11) is -0.196. The van der Waals surface area contributed by atoms with Crippen LogP contribution in [0.2, 0.25) is 13.1 Å². The van der Waals surface area contributed by atoms with Crippen LogP contribution in [0, 0.1) is 0 Å². The van der Waals surface area contributed by atoms with Gasteiger partial charge in [0.05, 0.1) is 9.20 Å². The van der Waals surface area contributed by atoms with Crippen LogP contribution in [0.3, 0.4) is 0 Å². The highest BCUT2D eigenvalue weighted by atomic mass is 32.1. The van der Waals surface area contributed by atoms with Crippen molar-refractivity contribution in [3.05, 3.63) is 0 Å². The molecule has 0 atom stereocenters. The highest BCUT2D eigenvalue weighted by Crippen LogP contribution is 1.96. The molecule has 0 bridgehead atoms. The zero-order valence-corrected chi connectivity index (χ0v) is 10.8. The molecule has 0 aromatic heterocycles. The summed E-state index contributed by atoms with van der Waals surface area (Å²) < 4.78 is 2.31. The number of unbranched alkanes of at least 4 members (excludes halogenated alkanes) is 1. The van der Waals surface area contributed by atoms with Gasteiger partial charge in [-0.15, -0.1) is 12.8 Å². The molecule has 0 N–H and O–H groups in total. The fourth-order valence-electron chi connectivity index (χ4n) is 0.853. The van der Waals surface area contributed by atoms with Gasteiger partial charge in [-0.3, -0.25) is 3.97 Å². The molecule has 4 heteroatoms. The monoisotopic (exact) mass is 193 g/mol. The Balaban J connectivity index is 3.16. The van der Waals surface area contributed by atoms with Crippen LogP contribution in [-0.4, -0.2) is 28.0 Å². The Hall–Kier alpha value is 0.744. The first-order valence-corrected chi connectivity index (χ1v) is 10.7. The molecule has 0 unspecified atom stereocenters. The van der Waals surface area contributed by atoms with Crippen LogP contribution in [0.4, 0.5) is 0 Å². The molecular formula is C6H19NSSi2. The van der Waals surface area contributed by atoms with E-state index in [1.54, 1.807) is 0 Å². The second-order valence-electron chi connectivity index (χ2n) is 3.16. The molecular weight excluding hydrogens is 174 g/mol. The first-order valence-electron chi connectivity index (χ1n) is 4.10. The van der Waals surface area contributed by atoms with Crippen LogP contribution in [0.25, 0.3) is 0 Å². The van der Waals surface area contributed by atoms with Crippen molar-refractivity contribution in [3.8, 4) is 0 Å². The van der Waals surface area contributed by atoms with Gasteiger partial charge in [0.1, 0.15) is 0 Å². The predicted molar refractivity (Wildman–Crippen MR) is 58.0 cm³/mol. The molecule has 0 heterocycles. The summed E-state index contributed by atoms with van der Waals surface area (Å²) in [6, 6.07) is 0. The first kappa shape index (κ1) is 10.7. The summed E-state index contributed by atoms with van der Waals surface area (Å²) in [5, 5.41) is 0. The molecule has 0 aliphatic carbocycles. The lowest BCUT2D eigenvalue weighted by atomic mass is 10.3. The summed E-state index contributed by atoms with van der Waals surface area (Å²) >= 11 is 4.43. The Morgan fingerprint density at radius 2 is 2.10 bits per heavy atom. The van der Waals surface area contributed by atoms with Gasteiger partial charge >= 0.3 is 0 Å². The minimum Gasteiger partial charge on any atom is -0.284 e. The van der Waals surface area contributed by atoms with E-state index in [9.17, 15) is 0 Å². The molecule has 1 nitrogen and oxygen atoms in total. The maximum absolute atomic E-state index is 4.43. The quantitative estimate of drug-likeness (QED) is 0.504. The van der Waals surface area contributed by atoms with E-state index in [4.69, 9.17) is 0 Å². The third-order valence-electron chi connectivity index (χ3n) is 1.35. The molecule has 0 saturated heterocycles. The summed E-state index contributed by atoms with van der Waals surface area (Å²) in [5.74, 6) is 0.